The molecule has 0 aliphatic heterocycles. The summed E-state index contributed by atoms with van der Waals surface area (Å²) in [6, 6.07) is 7.80. The van der Waals surface area contributed by atoms with Gasteiger partial charge in [0.1, 0.15) is 17.4 Å². The number of ketones is 1. The van der Waals surface area contributed by atoms with Crippen LogP contribution < -0.4 is 4.74 Å². The molecule has 2 aromatic carbocycles. The highest BCUT2D eigenvalue weighted by Crippen LogP contribution is 2.30. The van der Waals surface area contributed by atoms with E-state index in [2.05, 4.69) is 15.9 Å². The zero-order valence-electron chi connectivity index (χ0n) is 10.7. The quantitative estimate of drug-likeness (QED) is 0.541. The van der Waals surface area contributed by atoms with Gasteiger partial charge in [-0.1, -0.05) is 11.6 Å². The van der Waals surface area contributed by atoms with E-state index in [0.29, 0.717) is 10.0 Å². The predicted octanol–water partition coefficient (Wildman–Crippen LogP) is 5.03. The number of ether oxygens (including phenoxy) is 1. The van der Waals surface area contributed by atoms with Gasteiger partial charge < -0.3 is 4.74 Å². The van der Waals surface area contributed by atoms with Crippen LogP contribution in [0.3, 0.4) is 0 Å². The maximum atomic E-state index is 13.3. The molecular formula is C15H10BrClF2O2. The van der Waals surface area contributed by atoms with Crippen LogP contribution in [0.2, 0.25) is 5.02 Å². The van der Waals surface area contributed by atoms with Crippen molar-refractivity contribution in [3.63, 3.8) is 0 Å². The Morgan fingerprint density at radius 1 is 1.19 bits per heavy atom. The van der Waals surface area contributed by atoms with Gasteiger partial charge in [0.25, 0.3) is 0 Å². The van der Waals surface area contributed by atoms with Crippen molar-refractivity contribution in [2.75, 3.05) is 6.61 Å². The molecule has 0 radical (unpaired) electrons. The van der Waals surface area contributed by atoms with Gasteiger partial charge >= 0.3 is 0 Å². The van der Waals surface area contributed by atoms with Crippen molar-refractivity contribution in [3.8, 4) is 5.75 Å². The van der Waals surface area contributed by atoms with Gasteiger partial charge in [0, 0.05) is 18.1 Å². The van der Waals surface area contributed by atoms with E-state index in [1.807, 2.05) is 0 Å². The fourth-order valence-corrected chi connectivity index (χ4v) is 2.40. The number of halogens is 4. The predicted molar refractivity (Wildman–Crippen MR) is 80.0 cm³/mol. The van der Waals surface area contributed by atoms with Gasteiger partial charge in [0.15, 0.2) is 5.78 Å². The van der Waals surface area contributed by atoms with Crippen LogP contribution in [-0.4, -0.2) is 12.4 Å². The van der Waals surface area contributed by atoms with E-state index in [0.717, 1.165) is 6.07 Å². The summed E-state index contributed by atoms with van der Waals surface area (Å²) in [5.74, 6) is -0.910. The van der Waals surface area contributed by atoms with Gasteiger partial charge in [-0.05, 0) is 46.3 Å². The van der Waals surface area contributed by atoms with Crippen LogP contribution in [0.15, 0.2) is 40.9 Å². The van der Waals surface area contributed by atoms with Crippen LogP contribution in [0.1, 0.15) is 16.8 Å². The van der Waals surface area contributed by atoms with E-state index < -0.39 is 11.6 Å². The van der Waals surface area contributed by atoms with E-state index >= 15 is 0 Å². The Hall–Kier alpha value is -1.46. The summed E-state index contributed by atoms with van der Waals surface area (Å²) in [6.07, 6.45) is 0.0995. The SMILES string of the molecule is O=C(CCOc1cc(F)c(Cl)cc1Br)c1ccc(F)cc1. The van der Waals surface area contributed by atoms with Gasteiger partial charge in [-0.3, -0.25) is 4.79 Å². The number of Topliss-reactive ketones (excluding diaryl/α,β-unsaturated/α-hetero) is 1. The Kier molecular flexibility index (Phi) is 5.31. The Bertz CT molecular complexity index is 659. The molecule has 2 rings (SSSR count). The third-order valence-corrected chi connectivity index (χ3v) is 3.64. The number of carbonyl (C=O) groups excluding carboxylic acids is 1. The van der Waals surface area contributed by atoms with E-state index in [-0.39, 0.29) is 29.6 Å². The fraction of sp³-hybridized carbons (Fsp3) is 0.133. The molecule has 0 unspecified atom stereocenters. The van der Waals surface area contributed by atoms with Crippen LogP contribution in [0.25, 0.3) is 0 Å². The molecule has 0 saturated carbocycles. The first-order valence-corrected chi connectivity index (χ1v) is 7.20. The summed E-state index contributed by atoms with van der Waals surface area (Å²) in [5.41, 5.74) is 0.404. The Labute approximate surface area is 133 Å². The summed E-state index contributed by atoms with van der Waals surface area (Å²) in [6.45, 7) is 0.0792. The number of rotatable bonds is 5. The van der Waals surface area contributed by atoms with Crippen molar-refractivity contribution in [1.29, 1.82) is 0 Å². The smallest absolute Gasteiger partial charge is 0.166 e. The van der Waals surface area contributed by atoms with E-state index in [4.69, 9.17) is 16.3 Å². The number of benzene rings is 2. The summed E-state index contributed by atoms with van der Waals surface area (Å²) >= 11 is 8.82. The van der Waals surface area contributed by atoms with Crippen LogP contribution in [0.5, 0.6) is 5.75 Å². The highest BCUT2D eigenvalue weighted by molar-refractivity contribution is 9.10. The zero-order chi connectivity index (χ0) is 15.4. The monoisotopic (exact) mass is 374 g/mol. The minimum absolute atomic E-state index is 0.0170. The molecule has 0 spiro atoms. The second-order valence-electron chi connectivity index (χ2n) is 4.23. The van der Waals surface area contributed by atoms with Crippen molar-refractivity contribution in [1.82, 2.24) is 0 Å². The van der Waals surface area contributed by atoms with Gasteiger partial charge in [-0.2, -0.15) is 0 Å². The topological polar surface area (TPSA) is 26.3 Å². The highest BCUT2D eigenvalue weighted by atomic mass is 79.9. The first-order chi connectivity index (χ1) is 9.97. The third-order valence-electron chi connectivity index (χ3n) is 2.73. The molecule has 0 amide bonds. The van der Waals surface area contributed by atoms with Crippen molar-refractivity contribution in [2.45, 2.75) is 6.42 Å². The molecule has 21 heavy (non-hydrogen) atoms. The zero-order valence-corrected chi connectivity index (χ0v) is 13.0. The minimum atomic E-state index is -0.597. The van der Waals surface area contributed by atoms with Crippen LogP contribution in [0, 0.1) is 11.6 Å². The standard InChI is InChI=1S/C15H10BrClF2O2/c16-11-7-12(17)13(19)8-15(11)21-6-5-14(20)9-1-3-10(18)4-2-9/h1-4,7-8H,5-6H2. The molecule has 0 fully saturated rings. The molecule has 0 aliphatic rings. The van der Waals surface area contributed by atoms with Crippen LogP contribution >= 0.6 is 27.5 Å². The van der Waals surface area contributed by atoms with Crippen LogP contribution in [-0.2, 0) is 0 Å². The lowest BCUT2D eigenvalue weighted by Gasteiger charge is -2.08. The Morgan fingerprint density at radius 2 is 1.86 bits per heavy atom. The number of hydrogen-bond acceptors (Lipinski definition) is 2. The normalized spacial score (nSPS) is 10.5. The first kappa shape index (κ1) is 15.9. The summed E-state index contributed by atoms with van der Waals surface area (Å²) in [4.78, 5) is 11.8. The Balaban J connectivity index is 1.94. The summed E-state index contributed by atoms with van der Waals surface area (Å²) in [7, 11) is 0. The highest BCUT2D eigenvalue weighted by Gasteiger charge is 2.10. The molecular weight excluding hydrogens is 366 g/mol. The van der Waals surface area contributed by atoms with Gasteiger partial charge in [0.05, 0.1) is 16.1 Å². The molecule has 6 heteroatoms. The van der Waals surface area contributed by atoms with Crippen molar-refractivity contribution >= 4 is 33.3 Å². The maximum absolute atomic E-state index is 13.3. The number of carbonyl (C=O) groups is 1. The second-order valence-corrected chi connectivity index (χ2v) is 5.49. The van der Waals surface area contributed by atoms with Crippen molar-refractivity contribution in [2.24, 2.45) is 0 Å². The molecule has 2 nitrogen and oxygen atoms in total. The average Bonchev–Trinajstić information content (AvgIpc) is 2.45. The average molecular weight is 376 g/mol. The van der Waals surface area contributed by atoms with E-state index in [9.17, 15) is 13.6 Å². The largest absolute Gasteiger partial charge is 0.492 e. The lowest BCUT2D eigenvalue weighted by molar-refractivity contribution is 0.0962. The van der Waals surface area contributed by atoms with Gasteiger partial charge in [-0.15, -0.1) is 0 Å². The molecule has 0 aliphatic carbocycles. The second kappa shape index (κ2) is 7.00. The molecule has 0 heterocycles. The molecule has 2 aromatic rings. The summed E-state index contributed by atoms with van der Waals surface area (Å²) < 4.78 is 31.9. The molecule has 0 atom stereocenters. The molecule has 0 N–H and O–H groups in total. The summed E-state index contributed by atoms with van der Waals surface area (Å²) in [5, 5.41) is -0.0170. The fourth-order valence-electron chi connectivity index (χ4n) is 1.65. The lowest BCUT2D eigenvalue weighted by Crippen LogP contribution is -2.07. The Morgan fingerprint density at radius 3 is 2.52 bits per heavy atom. The molecule has 0 bridgehead atoms. The van der Waals surface area contributed by atoms with Crippen molar-refractivity contribution in [3.05, 3.63) is 63.1 Å². The third kappa shape index (κ3) is 4.25. The number of hydrogen-bond donors (Lipinski definition) is 0. The minimum Gasteiger partial charge on any atom is -0.492 e. The van der Waals surface area contributed by atoms with Crippen molar-refractivity contribution < 1.29 is 18.3 Å². The first-order valence-electron chi connectivity index (χ1n) is 6.03. The van der Waals surface area contributed by atoms with E-state index in [1.54, 1.807) is 0 Å². The van der Waals surface area contributed by atoms with Gasteiger partial charge in [0.2, 0.25) is 0 Å². The van der Waals surface area contributed by atoms with E-state index in [1.165, 1.54) is 30.3 Å². The maximum Gasteiger partial charge on any atom is 0.166 e. The molecule has 110 valence electrons. The van der Waals surface area contributed by atoms with Crippen LogP contribution in [0.4, 0.5) is 8.78 Å². The van der Waals surface area contributed by atoms with Gasteiger partial charge in [-0.25, -0.2) is 8.78 Å². The molecule has 0 aromatic heterocycles. The lowest BCUT2D eigenvalue weighted by atomic mass is 10.1. The molecule has 0 saturated heterocycles.